The SMILES string of the molecule is COC(=O)Cc1ccccc1Oc1nc(Cl)cc(OC)n1. The molecular formula is C14H13ClN2O4. The third kappa shape index (κ3) is 4.06. The second kappa shape index (κ2) is 6.90. The van der Waals surface area contributed by atoms with Gasteiger partial charge in [0.25, 0.3) is 0 Å². The first-order chi connectivity index (χ1) is 10.1. The number of rotatable bonds is 5. The van der Waals surface area contributed by atoms with Crippen LogP contribution >= 0.6 is 11.6 Å². The zero-order valence-electron chi connectivity index (χ0n) is 11.5. The van der Waals surface area contributed by atoms with Crippen molar-refractivity contribution < 1.29 is 19.0 Å². The number of nitrogens with zero attached hydrogens (tertiary/aromatic N) is 2. The molecule has 0 spiro atoms. The van der Waals surface area contributed by atoms with E-state index in [1.54, 1.807) is 24.3 Å². The summed E-state index contributed by atoms with van der Waals surface area (Å²) in [5, 5.41) is 0.197. The molecule has 0 saturated heterocycles. The molecule has 1 heterocycles. The van der Waals surface area contributed by atoms with Crippen molar-refractivity contribution in [1.29, 1.82) is 0 Å². The van der Waals surface area contributed by atoms with Gasteiger partial charge in [0.15, 0.2) is 0 Å². The van der Waals surface area contributed by atoms with Crippen molar-refractivity contribution in [3.63, 3.8) is 0 Å². The highest BCUT2D eigenvalue weighted by molar-refractivity contribution is 6.29. The summed E-state index contributed by atoms with van der Waals surface area (Å²) in [6, 6.07) is 8.54. The van der Waals surface area contributed by atoms with Crippen LogP contribution < -0.4 is 9.47 Å². The van der Waals surface area contributed by atoms with Gasteiger partial charge in [0.05, 0.1) is 20.6 Å². The first-order valence-corrected chi connectivity index (χ1v) is 6.41. The summed E-state index contributed by atoms with van der Waals surface area (Å²) in [6.07, 6.45) is 0.0877. The summed E-state index contributed by atoms with van der Waals surface area (Å²) in [4.78, 5) is 19.4. The van der Waals surface area contributed by atoms with Gasteiger partial charge in [-0.15, -0.1) is 0 Å². The molecular weight excluding hydrogens is 296 g/mol. The lowest BCUT2D eigenvalue weighted by atomic mass is 10.1. The summed E-state index contributed by atoms with van der Waals surface area (Å²) in [5.74, 6) is 0.373. The van der Waals surface area contributed by atoms with Crippen LogP contribution in [0.2, 0.25) is 5.15 Å². The second-order valence-corrected chi connectivity index (χ2v) is 4.37. The molecule has 1 aromatic carbocycles. The van der Waals surface area contributed by atoms with Crippen LogP contribution in [0.4, 0.5) is 0 Å². The maximum Gasteiger partial charge on any atom is 0.326 e. The normalized spacial score (nSPS) is 10.0. The van der Waals surface area contributed by atoms with Crippen molar-refractivity contribution in [2.75, 3.05) is 14.2 Å². The van der Waals surface area contributed by atoms with Crippen molar-refractivity contribution >= 4 is 17.6 Å². The van der Waals surface area contributed by atoms with Gasteiger partial charge in [0.1, 0.15) is 10.9 Å². The average Bonchev–Trinajstić information content (AvgIpc) is 2.48. The summed E-state index contributed by atoms with van der Waals surface area (Å²) in [5.41, 5.74) is 0.659. The van der Waals surface area contributed by atoms with E-state index in [1.165, 1.54) is 20.3 Å². The Labute approximate surface area is 126 Å². The zero-order valence-corrected chi connectivity index (χ0v) is 12.3. The third-order valence-corrected chi connectivity index (χ3v) is 2.79. The Hall–Kier alpha value is -2.34. The van der Waals surface area contributed by atoms with E-state index in [9.17, 15) is 4.79 Å². The summed E-state index contributed by atoms with van der Waals surface area (Å²) >= 11 is 5.86. The number of para-hydroxylation sites is 1. The molecule has 1 aromatic heterocycles. The number of aromatic nitrogens is 2. The molecule has 0 amide bonds. The fourth-order valence-electron chi connectivity index (χ4n) is 1.60. The van der Waals surface area contributed by atoms with E-state index < -0.39 is 0 Å². The summed E-state index contributed by atoms with van der Waals surface area (Å²) < 4.78 is 15.2. The lowest BCUT2D eigenvalue weighted by molar-refractivity contribution is -0.139. The molecule has 0 aliphatic heterocycles. The van der Waals surface area contributed by atoms with E-state index in [-0.39, 0.29) is 29.4 Å². The Morgan fingerprint density at radius 3 is 2.71 bits per heavy atom. The van der Waals surface area contributed by atoms with Gasteiger partial charge in [-0.3, -0.25) is 4.79 Å². The van der Waals surface area contributed by atoms with Gasteiger partial charge >= 0.3 is 12.0 Å². The molecule has 0 saturated carbocycles. The number of methoxy groups -OCH3 is 2. The van der Waals surface area contributed by atoms with Gasteiger partial charge in [0, 0.05) is 11.6 Å². The molecule has 0 radical (unpaired) electrons. The molecule has 2 rings (SSSR count). The van der Waals surface area contributed by atoms with Gasteiger partial charge in [-0.05, 0) is 6.07 Å². The number of halogens is 1. The van der Waals surface area contributed by atoms with Crippen molar-refractivity contribution in [1.82, 2.24) is 9.97 Å². The van der Waals surface area contributed by atoms with Gasteiger partial charge in [-0.2, -0.15) is 9.97 Å². The topological polar surface area (TPSA) is 70.5 Å². The Balaban J connectivity index is 2.27. The molecule has 0 N–H and O–H groups in total. The highest BCUT2D eigenvalue weighted by Gasteiger charge is 2.12. The second-order valence-electron chi connectivity index (χ2n) is 3.98. The van der Waals surface area contributed by atoms with Gasteiger partial charge < -0.3 is 14.2 Å². The number of carbonyl (C=O) groups is 1. The quantitative estimate of drug-likeness (QED) is 0.624. The zero-order chi connectivity index (χ0) is 15.2. The van der Waals surface area contributed by atoms with Gasteiger partial charge in [0.2, 0.25) is 5.88 Å². The molecule has 110 valence electrons. The number of benzene rings is 1. The molecule has 0 atom stereocenters. The molecule has 0 aliphatic rings. The fraction of sp³-hybridized carbons (Fsp3) is 0.214. The molecule has 0 fully saturated rings. The smallest absolute Gasteiger partial charge is 0.326 e. The Bertz CT molecular complexity index is 649. The number of hydrogen-bond acceptors (Lipinski definition) is 6. The van der Waals surface area contributed by atoms with Crippen LogP contribution in [0.15, 0.2) is 30.3 Å². The monoisotopic (exact) mass is 308 g/mol. The third-order valence-electron chi connectivity index (χ3n) is 2.60. The molecule has 7 heteroatoms. The molecule has 0 unspecified atom stereocenters. The predicted molar refractivity (Wildman–Crippen MR) is 75.8 cm³/mol. The van der Waals surface area contributed by atoms with E-state index in [4.69, 9.17) is 21.1 Å². The minimum Gasteiger partial charge on any atom is -0.481 e. The Morgan fingerprint density at radius 1 is 1.24 bits per heavy atom. The highest BCUT2D eigenvalue weighted by atomic mass is 35.5. The van der Waals surface area contributed by atoms with Crippen LogP contribution in [0.5, 0.6) is 17.6 Å². The van der Waals surface area contributed by atoms with E-state index in [1.807, 2.05) is 0 Å². The number of esters is 1. The van der Waals surface area contributed by atoms with Crippen molar-refractivity contribution in [2.45, 2.75) is 6.42 Å². The van der Waals surface area contributed by atoms with Gasteiger partial charge in [-0.1, -0.05) is 29.8 Å². The van der Waals surface area contributed by atoms with Crippen molar-refractivity contribution in [3.05, 3.63) is 41.0 Å². The molecule has 0 aliphatic carbocycles. The number of carbonyl (C=O) groups excluding carboxylic acids is 1. The Kier molecular flexibility index (Phi) is 4.94. The molecule has 6 nitrogen and oxygen atoms in total. The van der Waals surface area contributed by atoms with Crippen molar-refractivity contribution in [3.8, 4) is 17.6 Å². The standard InChI is InChI=1S/C14H13ClN2O4/c1-19-12-8-11(15)16-14(17-12)21-10-6-4-3-5-9(10)7-13(18)20-2/h3-6,8H,7H2,1-2H3. The number of ether oxygens (including phenoxy) is 3. The molecule has 0 bridgehead atoms. The van der Waals surface area contributed by atoms with Crippen LogP contribution in [0.3, 0.4) is 0 Å². The first kappa shape index (κ1) is 15.1. The highest BCUT2D eigenvalue weighted by Crippen LogP contribution is 2.26. The van der Waals surface area contributed by atoms with Crippen LogP contribution in [-0.4, -0.2) is 30.2 Å². The molecule has 2 aromatic rings. The van der Waals surface area contributed by atoms with E-state index >= 15 is 0 Å². The number of hydrogen-bond donors (Lipinski definition) is 0. The first-order valence-electron chi connectivity index (χ1n) is 6.03. The maximum absolute atomic E-state index is 11.4. The summed E-state index contributed by atoms with van der Waals surface area (Å²) in [7, 11) is 2.80. The maximum atomic E-state index is 11.4. The van der Waals surface area contributed by atoms with Gasteiger partial charge in [-0.25, -0.2) is 0 Å². The minimum absolute atomic E-state index is 0.0386. The predicted octanol–water partition coefficient (Wildman–Crippen LogP) is 2.65. The minimum atomic E-state index is -0.365. The van der Waals surface area contributed by atoms with E-state index in [2.05, 4.69) is 14.7 Å². The molecule has 21 heavy (non-hydrogen) atoms. The Morgan fingerprint density at radius 2 is 2.00 bits per heavy atom. The average molecular weight is 309 g/mol. The van der Waals surface area contributed by atoms with Crippen LogP contribution in [0, 0.1) is 0 Å². The van der Waals surface area contributed by atoms with Crippen molar-refractivity contribution in [2.24, 2.45) is 0 Å². The van der Waals surface area contributed by atoms with Crippen LogP contribution in [0.25, 0.3) is 0 Å². The lowest BCUT2D eigenvalue weighted by Gasteiger charge is -2.09. The largest absolute Gasteiger partial charge is 0.481 e. The van der Waals surface area contributed by atoms with E-state index in [0.717, 1.165) is 0 Å². The fourth-order valence-corrected chi connectivity index (χ4v) is 1.77. The van der Waals surface area contributed by atoms with Crippen LogP contribution in [0.1, 0.15) is 5.56 Å². The van der Waals surface area contributed by atoms with Crippen LogP contribution in [-0.2, 0) is 16.0 Å². The lowest BCUT2D eigenvalue weighted by Crippen LogP contribution is -2.06. The van der Waals surface area contributed by atoms with E-state index in [0.29, 0.717) is 11.3 Å². The summed E-state index contributed by atoms with van der Waals surface area (Å²) in [6.45, 7) is 0.